The summed E-state index contributed by atoms with van der Waals surface area (Å²) in [6.07, 6.45) is -33.4. The molecule has 4 aliphatic carbocycles. The SMILES string of the molecule is C[C@H](CC[C@@H](O[C@@H]1O[C@H](CO[C@@H]2O[C@H](CO)[C@@H](O)[C@H](O)[C@H]2O)[C@@H](O)[C@H](O)[C@H]1O[C@@H]1O[C@H](CO)[C@@H](O)[C@H](O)[C@H]1O)C(C)(C)O)C1CC[C@@]2(C)C3CC=C4C(CC[C@H](O[C@@H]5O[C@H](CO[C@H]6O[C@H](CO)[C@@H](O)[C@H](O)[C@H]6O)C[C@H](O)[C@H]5O)C4(C)C)[C@]3(C)[C@H](O)C[C@]12C. The minimum Gasteiger partial charge on any atom is -0.394 e. The van der Waals surface area contributed by atoms with Crippen LogP contribution in [0.25, 0.3) is 0 Å². The molecule has 3 saturated carbocycles. The monoisotopic (exact) mass is 1270 g/mol. The fraction of sp³-hybridized carbons (Fsp3) is 0.967. The fourth-order valence-electron chi connectivity index (χ4n) is 17.0. The zero-order valence-corrected chi connectivity index (χ0v) is 51.5. The zero-order chi connectivity index (χ0) is 64.7. The first-order valence-corrected chi connectivity index (χ1v) is 31.4. The van der Waals surface area contributed by atoms with Crippen molar-refractivity contribution in [2.24, 2.45) is 45.3 Å². The van der Waals surface area contributed by atoms with E-state index in [1.54, 1.807) is 0 Å². The van der Waals surface area contributed by atoms with Gasteiger partial charge in [-0.3, -0.25) is 0 Å². The van der Waals surface area contributed by atoms with Gasteiger partial charge >= 0.3 is 0 Å². The van der Waals surface area contributed by atoms with E-state index in [1.165, 1.54) is 13.8 Å². The molecule has 0 aromatic heterocycles. The summed E-state index contributed by atoms with van der Waals surface area (Å²) in [6, 6.07) is 0. The normalized spacial score (nSPS) is 51.4. The van der Waals surface area contributed by atoms with Crippen LogP contribution < -0.4 is 0 Å². The van der Waals surface area contributed by atoms with Crippen molar-refractivity contribution >= 4 is 0 Å². The van der Waals surface area contributed by atoms with Gasteiger partial charge in [-0.2, -0.15) is 0 Å². The van der Waals surface area contributed by atoms with E-state index in [9.17, 15) is 91.9 Å². The van der Waals surface area contributed by atoms with Gasteiger partial charge in [0.2, 0.25) is 0 Å². The van der Waals surface area contributed by atoms with Crippen LogP contribution in [0.4, 0.5) is 0 Å². The molecule has 0 aromatic rings. The summed E-state index contributed by atoms with van der Waals surface area (Å²) >= 11 is 0. The van der Waals surface area contributed by atoms with Gasteiger partial charge in [-0.15, -0.1) is 0 Å². The van der Waals surface area contributed by atoms with Crippen LogP contribution in [-0.2, 0) is 47.4 Å². The Morgan fingerprint density at radius 2 is 1.07 bits per heavy atom. The smallest absolute Gasteiger partial charge is 0.187 e. The van der Waals surface area contributed by atoms with E-state index >= 15 is 0 Å². The van der Waals surface area contributed by atoms with Crippen molar-refractivity contribution in [3.63, 3.8) is 0 Å². The fourth-order valence-corrected chi connectivity index (χ4v) is 17.0. The maximum Gasteiger partial charge on any atom is 0.187 e. The maximum atomic E-state index is 12.8. The molecule has 9 aliphatic rings. The van der Waals surface area contributed by atoms with Gasteiger partial charge in [-0.1, -0.05) is 53.2 Å². The molecule has 0 radical (unpaired) electrons. The minimum atomic E-state index is -1.95. The summed E-state index contributed by atoms with van der Waals surface area (Å²) in [5.74, 6) is 0.0958. The van der Waals surface area contributed by atoms with Crippen molar-refractivity contribution in [2.45, 2.75) is 285 Å². The molecule has 28 nitrogen and oxygen atoms in total. The van der Waals surface area contributed by atoms with Crippen LogP contribution in [0.1, 0.15) is 113 Å². The summed E-state index contributed by atoms with van der Waals surface area (Å²) in [7, 11) is 0. The van der Waals surface area contributed by atoms with E-state index in [0.717, 1.165) is 18.4 Å². The number of fused-ring (bicyclic) bond motifs is 5. The van der Waals surface area contributed by atoms with E-state index in [0.29, 0.717) is 32.1 Å². The molecular formula is C60H102O28. The minimum absolute atomic E-state index is 0.0201. The van der Waals surface area contributed by atoms with Crippen molar-refractivity contribution in [3.8, 4) is 0 Å². The number of aliphatic hydroxyl groups is 18. The summed E-state index contributed by atoms with van der Waals surface area (Å²) in [4.78, 5) is 0. The molecule has 5 saturated heterocycles. The molecule has 0 bridgehead atoms. The molecule has 0 amide bonds. The highest BCUT2D eigenvalue weighted by Crippen LogP contribution is 2.75. The zero-order valence-electron chi connectivity index (χ0n) is 51.5. The van der Waals surface area contributed by atoms with Crippen LogP contribution in [0, 0.1) is 45.3 Å². The van der Waals surface area contributed by atoms with Crippen molar-refractivity contribution in [2.75, 3.05) is 33.0 Å². The van der Waals surface area contributed by atoms with Gasteiger partial charge in [0.15, 0.2) is 31.5 Å². The number of aliphatic hydroxyl groups excluding tert-OH is 17. The van der Waals surface area contributed by atoms with E-state index in [1.807, 2.05) is 0 Å². The highest BCUT2D eigenvalue weighted by Gasteiger charge is 2.70. The lowest BCUT2D eigenvalue weighted by atomic mass is 9.38. The molecule has 0 spiro atoms. The van der Waals surface area contributed by atoms with E-state index in [4.69, 9.17) is 47.4 Å². The van der Waals surface area contributed by atoms with E-state index in [2.05, 4.69) is 47.6 Å². The molecule has 3 unspecified atom stereocenters. The Balaban J connectivity index is 0.879. The van der Waals surface area contributed by atoms with Gasteiger partial charge in [-0.05, 0) is 99.7 Å². The van der Waals surface area contributed by atoms with Crippen molar-refractivity contribution < 1.29 is 139 Å². The van der Waals surface area contributed by atoms with E-state index in [-0.39, 0.29) is 54.0 Å². The first-order valence-electron chi connectivity index (χ1n) is 31.4. The predicted molar refractivity (Wildman–Crippen MR) is 299 cm³/mol. The maximum absolute atomic E-state index is 12.8. The third-order valence-corrected chi connectivity index (χ3v) is 22.7. The summed E-state index contributed by atoms with van der Waals surface area (Å²) in [5.41, 5.74) is -2.27. The number of rotatable bonds is 20. The lowest BCUT2D eigenvalue weighted by Crippen LogP contribution is -2.65. The highest BCUT2D eigenvalue weighted by atomic mass is 16.8. The lowest BCUT2D eigenvalue weighted by Gasteiger charge is -2.67. The first kappa shape index (κ1) is 70.9. The van der Waals surface area contributed by atoms with Gasteiger partial charge in [0.05, 0.1) is 69.2 Å². The van der Waals surface area contributed by atoms with Crippen LogP contribution in [0.15, 0.2) is 11.6 Å². The molecule has 88 heavy (non-hydrogen) atoms. The Labute approximate surface area is 512 Å². The van der Waals surface area contributed by atoms with Crippen molar-refractivity contribution in [3.05, 3.63) is 11.6 Å². The van der Waals surface area contributed by atoms with Crippen molar-refractivity contribution in [1.82, 2.24) is 0 Å². The second-order valence-electron chi connectivity index (χ2n) is 28.6. The molecule has 5 heterocycles. The van der Waals surface area contributed by atoms with Crippen molar-refractivity contribution in [1.29, 1.82) is 0 Å². The molecule has 28 heteroatoms. The molecule has 34 atom stereocenters. The summed E-state index contributed by atoms with van der Waals surface area (Å²) < 4.78 is 59.7. The van der Waals surface area contributed by atoms with E-state index < -0.39 is 209 Å². The average molecular weight is 1270 g/mol. The quantitative estimate of drug-likeness (QED) is 0.0512. The van der Waals surface area contributed by atoms with Crippen LogP contribution in [0.2, 0.25) is 0 Å². The van der Waals surface area contributed by atoms with Crippen LogP contribution in [0.3, 0.4) is 0 Å². The Kier molecular flexibility index (Phi) is 22.1. The molecule has 9 rings (SSSR count). The molecular weight excluding hydrogens is 1170 g/mol. The number of allylic oxidation sites excluding steroid dienone is 1. The highest BCUT2D eigenvalue weighted by molar-refractivity contribution is 5.32. The molecule has 8 fully saturated rings. The van der Waals surface area contributed by atoms with Gasteiger partial charge in [0.1, 0.15) is 104 Å². The molecule has 18 N–H and O–H groups in total. The van der Waals surface area contributed by atoms with Gasteiger partial charge in [0.25, 0.3) is 0 Å². The third-order valence-electron chi connectivity index (χ3n) is 22.7. The molecule has 510 valence electrons. The second-order valence-corrected chi connectivity index (χ2v) is 28.6. The number of ether oxygens (including phenoxy) is 10. The van der Waals surface area contributed by atoms with Crippen LogP contribution in [0.5, 0.6) is 0 Å². The Morgan fingerprint density at radius 3 is 1.62 bits per heavy atom. The van der Waals surface area contributed by atoms with Gasteiger partial charge < -0.3 is 139 Å². The van der Waals surface area contributed by atoms with Gasteiger partial charge in [-0.25, -0.2) is 0 Å². The first-order chi connectivity index (χ1) is 41.2. The Morgan fingerprint density at radius 1 is 0.557 bits per heavy atom. The number of hydrogen-bond acceptors (Lipinski definition) is 28. The Hall–Kier alpha value is -1.38. The third kappa shape index (κ3) is 13.0. The molecule has 0 aromatic carbocycles. The molecule has 5 aliphatic heterocycles. The summed E-state index contributed by atoms with van der Waals surface area (Å²) in [6.45, 7) is 13.1. The predicted octanol–water partition coefficient (Wildman–Crippen LogP) is -4.38. The standard InChI is InChI=1S/C60H102O28/c1-24(9-13-37(57(4,5)78)87-55-50(88-54-49(77)45(73)41(69)32(21-63)84-54)46(74)42(70)33(85-55)23-80-52-48(76)44(72)40(68)31(20-62)83-52)26-15-16-58(6)34-12-10-27-28(60(34,8)35(65)18-59(26,58)7)11-14-36(56(27,2)3)86-53-38(66)29(64)17-25(81-53)22-79-51-47(75)43(71)39(67)30(19-61)82-51/h10,24-26,28-55,61-78H,9,11-23H2,1-8H3/t24-,25+,26?,28?,29+,30-,31-,32-,33-,34?,35-,36+,37-,38-,39-,40-,41-,42-,43+,44+,45+,46+,47-,48-,49-,50-,51+,52-,53+,54+,55+,58+,59-,60+/m1/s1. The second kappa shape index (κ2) is 27.4. The number of hydrogen-bond donors (Lipinski definition) is 18. The van der Waals surface area contributed by atoms with Gasteiger partial charge in [0, 0.05) is 17.3 Å². The largest absolute Gasteiger partial charge is 0.394 e. The van der Waals surface area contributed by atoms with Crippen LogP contribution in [-0.4, -0.2) is 296 Å². The average Bonchev–Trinajstić information content (AvgIpc) is 1.29. The van der Waals surface area contributed by atoms with Crippen LogP contribution >= 0.6 is 0 Å². The summed E-state index contributed by atoms with van der Waals surface area (Å²) in [5, 5.41) is 194. The Bertz CT molecular complexity index is 2310. The lowest BCUT2D eigenvalue weighted by molar-refractivity contribution is -0.380. The topological polar surface area (TPSA) is 456 Å².